The van der Waals surface area contributed by atoms with Gasteiger partial charge in [-0.05, 0) is 31.2 Å². The largest absolute Gasteiger partial charge is 0.374 e. The Labute approximate surface area is 142 Å². The van der Waals surface area contributed by atoms with Crippen LogP contribution in [0.5, 0.6) is 0 Å². The number of nitrogens with zero attached hydrogens (tertiary/aromatic N) is 2. The van der Waals surface area contributed by atoms with E-state index >= 15 is 0 Å². The van der Waals surface area contributed by atoms with Crippen LogP contribution in [0.2, 0.25) is 5.02 Å². The quantitative estimate of drug-likeness (QED) is 0.708. The van der Waals surface area contributed by atoms with E-state index in [0.29, 0.717) is 0 Å². The Balaban J connectivity index is 2.05. The van der Waals surface area contributed by atoms with Gasteiger partial charge in [0, 0.05) is 55.9 Å². The summed E-state index contributed by atoms with van der Waals surface area (Å²) in [6.45, 7) is 7.09. The van der Waals surface area contributed by atoms with Crippen molar-refractivity contribution in [3.63, 3.8) is 0 Å². The molecule has 0 radical (unpaired) electrons. The molecule has 0 unspecified atom stereocenters. The molecule has 0 saturated carbocycles. The SMILES string of the molecule is CSC1=[N+](c2ccc(Cl)cc2)C(C)(C)CC(N2CCCC2)=C1. The summed E-state index contributed by atoms with van der Waals surface area (Å²) in [5.74, 6) is 0. The second kappa shape index (κ2) is 6.29. The molecule has 4 heteroatoms. The van der Waals surface area contributed by atoms with Gasteiger partial charge in [0.1, 0.15) is 0 Å². The Hall–Kier alpha value is -0.930. The molecule has 2 aliphatic heterocycles. The molecule has 3 rings (SSSR count). The lowest BCUT2D eigenvalue weighted by molar-refractivity contribution is -0.523. The first-order chi connectivity index (χ1) is 10.5. The predicted molar refractivity (Wildman–Crippen MR) is 97.5 cm³/mol. The van der Waals surface area contributed by atoms with E-state index in [9.17, 15) is 0 Å². The molecule has 0 spiro atoms. The average molecular weight is 336 g/mol. The van der Waals surface area contributed by atoms with E-state index in [1.165, 1.54) is 42.4 Å². The first kappa shape index (κ1) is 15.9. The maximum absolute atomic E-state index is 6.05. The Morgan fingerprint density at radius 3 is 2.36 bits per heavy atom. The van der Waals surface area contributed by atoms with Gasteiger partial charge >= 0.3 is 0 Å². The lowest BCUT2D eigenvalue weighted by atomic mass is 9.93. The van der Waals surface area contributed by atoms with Crippen LogP contribution in [0.15, 0.2) is 36.0 Å². The van der Waals surface area contributed by atoms with E-state index < -0.39 is 0 Å². The van der Waals surface area contributed by atoms with Crippen molar-refractivity contribution < 1.29 is 4.58 Å². The average Bonchev–Trinajstić information content (AvgIpc) is 3.01. The minimum absolute atomic E-state index is 0.0683. The molecule has 0 amide bonds. The summed E-state index contributed by atoms with van der Waals surface area (Å²) in [7, 11) is 0. The van der Waals surface area contributed by atoms with Gasteiger partial charge in [-0.2, -0.15) is 4.58 Å². The molecule has 2 aliphatic rings. The second-order valence-corrected chi connectivity index (χ2v) is 7.94. The summed E-state index contributed by atoms with van der Waals surface area (Å²) in [6.07, 6.45) is 8.29. The minimum atomic E-state index is 0.0683. The van der Waals surface area contributed by atoms with Crippen LogP contribution in [0.1, 0.15) is 33.1 Å². The summed E-state index contributed by atoms with van der Waals surface area (Å²) in [5, 5.41) is 2.11. The number of hydrogen-bond donors (Lipinski definition) is 0. The van der Waals surface area contributed by atoms with E-state index in [-0.39, 0.29) is 5.54 Å². The van der Waals surface area contributed by atoms with Gasteiger partial charge in [-0.25, -0.2) is 0 Å². The van der Waals surface area contributed by atoms with E-state index in [1.807, 2.05) is 23.9 Å². The van der Waals surface area contributed by atoms with Gasteiger partial charge in [-0.3, -0.25) is 0 Å². The number of thioether (sulfide) groups is 1. The fourth-order valence-corrected chi connectivity index (χ4v) is 4.42. The molecule has 0 aromatic heterocycles. The number of hydrogen-bond acceptors (Lipinski definition) is 2. The zero-order chi connectivity index (χ0) is 15.7. The standard InChI is InChI=1S/C18H24ClN2S/c1-18(2)13-16(20-10-4-5-11-20)12-17(22-3)21(18)15-8-6-14(19)7-9-15/h6-9,12H,4-5,10-11,13H2,1-3H3/q+1. The van der Waals surface area contributed by atoms with Crippen LogP contribution in [0, 0.1) is 0 Å². The van der Waals surface area contributed by atoms with Crippen molar-refractivity contribution in [3.05, 3.63) is 41.1 Å². The van der Waals surface area contributed by atoms with E-state index in [0.717, 1.165) is 11.4 Å². The van der Waals surface area contributed by atoms with Crippen LogP contribution in [0.4, 0.5) is 5.69 Å². The number of rotatable bonds is 2. The van der Waals surface area contributed by atoms with Gasteiger partial charge < -0.3 is 4.90 Å². The summed E-state index contributed by atoms with van der Waals surface area (Å²) in [4.78, 5) is 2.57. The Bertz CT molecular complexity index is 610. The summed E-state index contributed by atoms with van der Waals surface area (Å²) >= 11 is 7.88. The number of benzene rings is 1. The monoisotopic (exact) mass is 335 g/mol. The zero-order valence-corrected chi connectivity index (χ0v) is 15.2. The number of likely N-dealkylation sites (tertiary alicyclic amines) is 1. The smallest absolute Gasteiger partial charge is 0.242 e. The second-order valence-electron chi connectivity index (χ2n) is 6.67. The molecule has 0 N–H and O–H groups in total. The van der Waals surface area contributed by atoms with Crippen LogP contribution in [-0.2, 0) is 0 Å². The fraction of sp³-hybridized carbons (Fsp3) is 0.500. The van der Waals surface area contributed by atoms with Crippen LogP contribution in [0.25, 0.3) is 0 Å². The molecule has 118 valence electrons. The lowest BCUT2D eigenvalue weighted by Gasteiger charge is -2.32. The van der Waals surface area contributed by atoms with Crippen LogP contribution >= 0.6 is 23.4 Å². The van der Waals surface area contributed by atoms with Gasteiger partial charge in [0.25, 0.3) is 0 Å². The van der Waals surface area contributed by atoms with Gasteiger partial charge in [-0.15, -0.1) is 0 Å². The topological polar surface area (TPSA) is 6.25 Å². The van der Waals surface area contributed by atoms with Crippen molar-refractivity contribution in [3.8, 4) is 0 Å². The lowest BCUT2D eigenvalue weighted by Crippen LogP contribution is -2.42. The summed E-state index contributed by atoms with van der Waals surface area (Å²) in [5.41, 5.74) is 2.78. The third-order valence-corrected chi connectivity index (χ3v) is 5.51. The first-order valence-corrected chi connectivity index (χ1v) is 9.54. The Kier molecular flexibility index (Phi) is 4.56. The molecule has 1 fully saturated rings. The molecule has 1 aromatic carbocycles. The van der Waals surface area contributed by atoms with Crippen LogP contribution < -0.4 is 0 Å². The molecule has 22 heavy (non-hydrogen) atoms. The van der Waals surface area contributed by atoms with Crippen molar-refractivity contribution in [1.29, 1.82) is 0 Å². The molecule has 2 heterocycles. The molecule has 2 nitrogen and oxygen atoms in total. The van der Waals surface area contributed by atoms with Gasteiger partial charge in [0.05, 0.1) is 6.42 Å². The highest BCUT2D eigenvalue weighted by Gasteiger charge is 2.40. The number of halogens is 1. The van der Waals surface area contributed by atoms with Crippen LogP contribution in [-0.4, -0.2) is 39.4 Å². The first-order valence-electron chi connectivity index (χ1n) is 7.93. The maximum atomic E-state index is 6.05. The fourth-order valence-electron chi connectivity index (χ4n) is 3.50. The van der Waals surface area contributed by atoms with E-state index in [4.69, 9.17) is 11.6 Å². The van der Waals surface area contributed by atoms with E-state index in [1.54, 1.807) is 0 Å². The van der Waals surface area contributed by atoms with Crippen molar-refractivity contribution >= 4 is 34.1 Å². The molecular formula is C18H24ClN2S+. The highest BCUT2D eigenvalue weighted by atomic mass is 35.5. The third-order valence-electron chi connectivity index (χ3n) is 4.54. The van der Waals surface area contributed by atoms with Crippen LogP contribution in [0.3, 0.4) is 0 Å². The van der Waals surface area contributed by atoms with Crippen molar-refractivity contribution in [2.45, 2.75) is 38.6 Å². The third kappa shape index (κ3) is 3.07. The molecule has 1 aromatic rings. The summed E-state index contributed by atoms with van der Waals surface area (Å²) < 4.78 is 2.45. The summed E-state index contributed by atoms with van der Waals surface area (Å²) in [6, 6.07) is 8.19. The molecule has 0 atom stereocenters. The van der Waals surface area contributed by atoms with Gasteiger partial charge in [-0.1, -0.05) is 23.4 Å². The molecule has 0 bridgehead atoms. The Morgan fingerprint density at radius 1 is 1.14 bits per heavy atom. The molecule has 1 saturated heterocycles. The highest BCUT2D eigenvalue weighted by Crippen LogP contribution is 2.35. The maximum Gasteiger partial charge on any atom is 0.242 e. The molecule has 0 aliphatic carbocycles. The normalized spacial score (nSPS) is 21.3. The van der Waals surface area contributed by atoms with E-state index in [2.05, 4.69) is 47.8 Å². The van der Waals surface area contributed by atoms with Crippen molar-refractivity contribution in [2.75, 3.05) is 19.3 Å². The van der Waals surface area contributed by atoms with Gasteiger partial charge in [0.15, 0.2) is 5.54 Å². The minimum Gasteiger partial charge on any atom is -0.374 e. The zero-order valence-electron chi connectivity index (χ0n) is 13.6. The van der Waals surface area contributed by atoms with Gasteiger partial charge in [0.2, 0.25) is 10.7 Å². The Morgan fingerprint density at radius 2 is 1.77 bits per heavy atom. The molecular weight excluding hydrogens is 312 g/mol. The highest BCUT2D eigenvalue weighted by molar-refractivity contribution is 8.13. The van der Waals surface area contributed by atoms with Crippen molar-refractivity contribution in [1.82, 2.24) is 4.90 Å². The predicted octanol–water partition coefficient (Wildman–Crippen LogP) is 4.91. The van der Waals surface area contributed by atoms with Crippen molar-refractivity contribution in [2.24, 2.45) is 0 Å².